The van der Waals surface area contributed by atoms with Gasteiger partial charge >= 0.3 is 0 Å². The third-order valence-electron chi connectivity index (χ3n) is 3.93. The predicted octanol–water partition coefficient (Wildman–Crippen LogP) is 2.94. The van der Waals surface area contributed by atoms with Crippen LogP contribution in [0.15, 0.2) is 30.5 Å². The molecule has 0 radical (unpaired) electrons. The third kappa shape index (κ3) is 3.58. The number of rotatable bonds is 3. The Labute approximate surface area is 136 Å². The van der Waals surface area contributed by atoms with Crippen molar-refractivity contribution in [2.75, 3.05) is 19.6 Å². The lowest BCUT2D eigenvalue weighted by Crippen LogP contribution is -2.45. The summed E-state index contributed by atoms with van der Waals surface area (Å²) in [5.74, 6) is 0. The second-order valence-corrected chi connectivity index (χ2v) is 5.64. The zero-order valence-electron chi connectivity index (χ0n) is 12.0. The molecule has 0 bridgehead atoms. The molecule has 0 spiro atoms. The Balaban J connectivity index is 0.00000161. The Hall–Kier alpha value is -1.07. The molecule has 0 saturated carbocycles. The summed E-state index contributed by atoms with van der Waals surface area (Å²) in [7, 11) is 0. The average Bonchev–Trinajstić information content (AvgIpc) is 2.86. The Bertz CT molecular complexity index is 585. The lowest BCUT2D eigenvalue weighted by atomic mass is 10.0. The molecule has 1 aromatic heterocycles. The van der Waals surface area contributed by atoms with Crippen molar-refractivity contribution in [3.63, 3.8) is 0 Å². The fraction of sp³-hybridized carbons (Fsp3) is 0.400. The minimum Gasteiger partial charge on any atom is -0.314 e. The Morgan fingerprint density at radius 1 is 1.38 bits per heavy atom. The van der Waals surface area contributed by atoms with E-state index < -0.39 is 0 Å². The Morgan fingerprint density at radius 2 is 2.19 bits per heavy atom. The standard InChI is InChI=1S/C15H19ClN4.ClH/c1-11-12(8-18-19-11)10-20-7-6-17-9-15(20)13-4-2-3-5-14(13)16;/h2-5,8,15,17H,6-7,9-10H2,1H3,(H,18,19);1H. The fourth-order valence-electron chi connectivity index (χ4n) is 2.74. The van der Waals surface area contributed by atoms with Gasteiger partial charge in [-0.25, -0.2) is 0 Å². The van der Waals surface area contributed by atoms with E-state index in [0.717, 1.165) is 36.9 Å². The molecule has 2 aromatic rings. The molecular weight excluding hydrogens is 307 g/mol. The molecule has 21 heavy (non-hydrogen) atoms. The fourth-order valence-corrected chi connectivity index (χ4v) is 3.00. The van der Waals surface area contributed by atoms with Crippen molar-refractivity contribution in [3.05, 3.63) is 52.3 Å². The zero-order valence-corrected chi connectivity index (χ0v) is 13.5. The van der Waals surface area contributed by atoms with Crippen LogP contribution in [0.2, 0.25) is 5.02 Å². The van der Waals surface area contributed by atoms with Crippen molar-refractivity contribution in [1.29, 1.82) is 0 Å². The zero-order chi connectivity index (χ0) is 13.9. The van der Waals surface area contributed by atoms with Crippen molar-refractivity contribution in [3.8, 4) is 0 Å². The number of H-pyrrole nitrogens is 1. The summed E-state index contributed by atoms with van der Waals surface area (Å²) in [5, 5.41) is 11.4. The summed E-state index contributed by atoms with van der Waals surface area (Å²) in [4.78, 5) is 2.47. The number of aromatic amines is 1. The third-order valence-corrected chi connectivity index (χ3v) is 4.27. The van der Waals surface area contributed by atoms with Crippen molar-refractivity contribution >= 4 is 24.0 Å². The SMILES string of the molecule is Cc1[nH]ncc1CN1CCNCC1c1ccccc1Cl.Cl. The highest BCUT2D eigenvalue weighted by atomic mass is 35.5. The van der Waals surface area contributed by atoms with Gasteiger partial charge in [0.1, 0.15) is 0 Å². The molecule has 1 aliphatic rings. The first-order chi connectivity index (χ1) is 9.75. The summed E-state index contributed by atoms with van der Waals surface area (Å²) in [5.41, 5.74) is 3.59. The molecule has 0 amide bonds. The predicted molar refractivity (Wildman–Crippen MR) is 88.0 cm³/mol. The molecule has 1 aliphatic heterocycles. The van der Waals surface area contributed by atoms with Gasteiger partial charge in [0.2, 0.25) is 0 Å². The van der Waals surface area contributed by atoms with Crippen LogP contribution in [0.3, 0.4) is 0 Å². The maximum absolute atomic E-state index is 6.36. The second kappa shape index (κ2) is 7.27. The van der Waals surface area contributed by atoms with Crippen LogP contribution in [0.5, 0.6) is 0 Å². The topological polar surface area (TPSA) is 44.0 Å². The Kier molecular flexibility index (Phi) is 5.65. The van der Waals surface area contributed by atoms with E-state index in [4.69, 9.17) is 11.6 Å². The van der Waals surface area contributed by atoms with E-state index in [1.54, 1.807) is 0 Å². The van der Waals surface area contributed by atoms with Crippen LogP contribution in [0.4, 0.5) is 0 Å². The van der Waals surface area contributed by atoms with Gasteiger partial charge in [0.05, 0.1) is 6.20 Å². The number of benzene rings is 1. The minimum atomic E-state index is 0. The number of hydrogen-bond acceptors (Lipinski definition) is 3. The molecule has 0 aliphatic carbocycles. The van der Waals surface area contributed by atoms with E-state index >= 15 is 0 Å². The van der Waals surface area contributed by atoms with Gasteiger partial charge < -0.3 is 5.32 Å². The van der Waals surface area contributed by atoms with E-state index in [0.29, 0.717) is 6.04 Å². The van der Waals surface area contributed by atoms with Crippen LogP contribution in [0, 0.1) is 6.92 Å². The lowest BCUT2D eigenvalue weighted by molar-refractivity contribution is 0.153. The summed E-state index contributed by atoms with van der Waals surface area (Å²) >= 11 is 6.36. The van der Waals surface area contributed by atoms with Crippen molar-refractivity contribution in [2.45, 2.75) is 19.5 Å². The molecule has 1 saturated heterocycles. The molecule has 4 nitrogen and oxygen atoms in total. The largest absolute Gasteiger partial charge is 0.314 e. The van der Waals surface area contributed by atoms with E-state index in [-0.39, 0.29) is 12.4 Å². The second-order valence-electron chi connectivity index (χ2n) is 5.23. The normalized spacial score (nSPS) is 19.2. The van der Waals surface area contributed by atoms with Crippen LogP contribution in [-0.4, -0.2) is 34.7 Å². The number of piperazine rings is 1. The highest BCUT2D eigenvalue weighted by Gasteiger charge is 2.25. The molecule has 114 valence electrons. The Morgan fingerprint density at radius 3 is 2.90 bits per heavy atom. The maximum atomic E-state index is 6.36. The number of aromatic nitrogens is 2. The van der Waals surface area contributed by atoms with Gasteiger partial charge in [0.15, 0.2) is 0 Å². The number of hydrogen-bond donors (Lipinski definition) is 2. The van der Waals surface area contributed by atoms with Crippen molar-refractivity contribution in [1.82, 2.24) is 20.4 Å². The molecule has 2 N–H and O–H groups in total. The van der Waals surface area contributed by atoms with Gasteiger partial charge in [-0.05, 0) is 18.6 Å². The first kappa shape index (κ1) is 16.3. The van der Waals surface area contributed by atoms with Crippen molar-refractivity contribution < 1.29 is 0 Å². The van der Waals surface area contributed by atoms with Gasteiger partial charge in [0, 0.05) is 48.5 Å². The molecule has 1 atom stereocenters. The number of halogens is 2. The monoisotopic (exact) mass is 326 g/mol. The van der Waals surface area contributed by atoms with Crippen LogP contribution in [0.1, 0.15) is 22.9 Å². The number of aryl methyl sites for hydroxylation is 1. The molecule has 6 heteroatoms. The number of nitrogens with one attached hydrogen (secondary N) is 2. The van der Waals surface area contributed by atoms with Gasteiger partial charge in [0.25, 0.3) is 0 Å². The van der Waals surface area contributed by atoms with Gasteiger partial charge in [-0.2, -0.15) is 5.10 Å². The highest BCUT2D eigenvalue weighted by Crippen LogP contribution is 2.29. The van der Waals surface area contributed by atoms with Gasteiger partial charge in [-0.3, -0.25) is 10.00 Å². The first-order valence-electron chi connectivity index (χ1n) is 6.94. The van der Waals surface area contributed by atoms with Crippen LogP contribution in [-0.2, 0) is 6.54 Å². The minimum absolute atomic E-state index is 0. The van der Waals surface area contributed by atoms with Crippen molar-refractivity contribution in [2.24, 2.45) is 0 Å². The molecule has 1 aromatic carbocycles. The highest BCUT2D eigenvalue weighted by molar-refractivity contribution is 6.31. The first-order valence-corrected chi connectivity index (χ1v) is 7.31. The van der Waals surface area contributed by atoms with E-state index in [1.165, 1.54) is 11.1 Å². The summed E-state index contributed by atoms with van der Waals surface area (Å²) in [6.45, 7) is 5.92. The number of nitrogens with zero attached hydrogens (tertiary/aromatic N) is 2. The lowest BCUT2D eigenvalue weighted by Gasteiger charge is -2.36. The average molecular weight is 327 g/mol. The molecule has 2 heterocycles. The quantitative estimate of drug-likeness (QED) is 0.911. The summed E-state index contributed by atoms with van der Waals surface area (Å²) in [6, 6.07) is 8.43. The summed E-state index contributed by atoms with van der Waals surface area (Å²) < 4.78 is 0. The van der Waals surface area contributed by atoms with E-state index in [9.17, 15) is 0 Å². The van der Waals surface area contributed by atoms with Crippen LogP contribution in [0.25, 0.3) is 0 Å². The van der Waals surface area contributed by atoms with Crippen LogP contribution < -0.4 is 5.32 Å². The summed E-state index contributed by atoms with van der Waals surface area (Å²) in [6.07, 6.45) is 1.92. The molecule has 1 fully saturated rings. The molecule has 1 unspecified atom stereocenters. The molecule has 3 rings (SSSR count). The smallest absolute Gasteiger partial charge is 0.0535 e. The molecular formula is C15H20Cl2N4. The van der Waals surface area contributed by atoms with E-state index in [1.807, 2.05) is 18.3 Å². The van der Waals surface area contributed by atoms with E-state index in [2.05, 4.69) is 39.5 Å². The van der Waals surface area contributed by atoms with Gasteiger partial charge in [-0.1, -0.05) is 29.8 Å². The maximum Gasteiger partial charge on any atom is 0.0535 e. The van der Waals surface area contributed by atoms with Gasteiger partial charge in [-0.15, -0.1) is 12.4 Å². The van der Waals surface area contributed by atoms with Crippen LogP contribution >= 0.6 is 24.0 Å².